The topological polar surface area (TPSA) is 55.1 Å². The van der Waals surface area contributed by atoms with Crippen molar-refractivity contribution in [1.82, 2.24) is 5.32 Å². The molecule has 0 radical (unpaired) electrons. The number of rotatable bonds is 5. The van der Waals surface area contributed by atoms with E-state index >= 15 is 0 Å². The lowest BCUT2D eigenvalue weighted by atomic mass is 10.00. The summed E-state index contributed by atoms with van der Waals surface area (Å²) in [7, 11) is 0. The van der Waals surface area contributed by atoms with Gasteiger partial charge in [-0.3, -0.25) is 4.79 Å². The zero-order valence-electron chi connectivity index (χ0n) is 10.3. The van der Waals surface area contributed by atoms with Crippen molar-refractivity contribution < 1.29 is 4.79 Å². The van der Waals surface area contributed by atoms with Gasteiger partial charge in [-0.1, -0.05) is 28.1 Å². The third-order valence-corrected chi connectivity index (χ3v) is 2.87. The smallest absolute Gasteiger partial charge is 0.220 e. The Hall–Kier alpha value is -0.870. The maximum absolute atomic E-state index is 11.6. The number of amides is 1. The Labute approximate surface area is 111 Å². The second-order valence-corrected chi connectivity index (χ2v) is 5.81. The minimum Gasteiger partial charge on any atom is -0.352 e. The summed E-state index contributed by atoms with van der Waals surface area (Å²) >= 11 is 3.40. The molecule has 94 valence electrons. The minimum absolute atomic E-state index is 0.0449. The van der Waals surface area contributed by atoms with Gasteiger partial charge in [-0.2, -0.15) is 0 Å². The highest BCUT2D eigenvalue weighted by molar-refractivity contribution is 9.10. The molecule has 1 rings (SSSR count). The van der Waals surface area contributed by atoms with Crippen molar-refractivity contribution in [3.8, 4) is 0 Å². The summed E-state index contributed by atoms with van der Waals surface area (Å²) in [6.45, 7) is 4.41. The van der Waals surface area contributed by atoms with Crippen molar-refractivity contribution in [3.63, 3.8) is 0 Å². The van der Waals surface area contributed by atoms with Gasteiger partial charge in [0.15, 0.2) is 0 Å². The number of hydrogen-bond acceptors (Lipinski definition) is 2. The second kappa shape index (κ2) is 6.17. The van der Waals surface area contributed by atoms with Gasteiger partial charge >= 0.3 is 0 Å². The predicted octanol–water partition coefficient (Wildman–Crippen LogP) is 2.58. The molecule has 0 saturated heterocycles. The number of halogens is 1. The van der Waals surface area contributed by atoms with Crippen LogP contribution >= 0.6 is 15.9 Å². The van der Waals surface area contributed by atoms with Crippen LogP contribution in [0.3, 0.4) is 0 Å². The number of hydrogen-bond donors (Lipinski definition) is 2. The van der Waals surface area contributed by atoms with Crippen molar-refractivity contribution >= 4 is 21.8 Å². The van der Waals surface area contributed by atoms with Crippen LogP contribution in [0, 0.1) is 0 Å². The largest absolute Gasteiger partial charge is 0.352 e. The molecule has 0 unspecified atom stereocenters. The second-order valence-electron chi connectivity index (χ2n) is 4.90. The molecule has 0 spiro atoms. The van der Waals surface area contributed by atoms with Crippen LogP contribution in [0.15, 0.2) is 28.7 Å². The van der Waals surface area contributed by atoms with Crippen molar-refractivity contribution in [2.45, 2.75) is 38.8 Å². The molecule has 17 heavy (non-hydrogen) atoms. The molecule has 1 aromatic rings. The lowest BCUT2D eigenvalue weighted by molar-refractivity contribution is -0.121. The molecule has 3 N–H and O–H groups in total. The molecule has 0 heterocycles. The van der Waals surface area contributed by atoms with Crippen LogP contribution in [0.2, 0.25) is 0 Å². The van der Waals surface area contributed by atoms with E-state index in [9.17, 15) is 4.79 Å². The lowest BCUT2D eigenvalue weighted by Gasteiger charge is -2.17. The average Bonchev–Trinajstić information content (AvgIpc) is 2.23. The van der Waals surface area contributed by atoms with Crippen LogP contribution in [-0.2, 0) is 11.3 Å². The summed E-state index contributed by atoms with van der Waals surface area (Å²) in [6, 6.07) is 7.89. The molecular weight excluding hydrogens is 280 g/mol. The zero-order chi connectivity index (χ0) is 12.9. The third-order valence-electron chi connectivity index (χ3n) is 2.38. The molecule has 4 heteroatoms. The molecule has 0 aromatic heterocycles. The third kappa shape index (κ3) is 6.44. The van der Waals surface area contributed by atoms with Gasteiger partial charge < -0.3 is 11.1 Å². The molecule has 0 aliphatic heterocycles. The normalized spacial score (nSPS) is 11.3. The first-order chi connectivity index (χ1) is 7.87. The molecule has 3 nitrogen and oxygen atoms in total. The van der Waals surface area contributed by atoms with Crippen molar-refractivity contribution in [2.75, 3.05) is 0 Å². The van der Waals surface area contributed by atoms with E-state index in [1.807, 2.05) is 38.1 Å². The van der Waals surface area contributed by atoms with Gasteiger partial charge in [0.1, 0.15) is 0 Å². The monoisotopic (exact) mass is 298 g/mol. The fourth-order valence-electron chi connectivity index (χ4n) is 1.37. The number of carbonyl (C=O) groups is 1. The van der Waals surface area contributed by atoms with Gasteiger partial charge in [-0.15, -0.1) is 0 Å². The maximum Gasteiger partial charge on any atom is 0.220 e. The van der Waals surface area contributed by atoms with E-state index in [2.05, 4.69) is 21.2 Å². The van der Waals surface area contributed by atoms with Crippen LogP contribution in [0.4, 0.5) is 0 Å². The van der Waals surface area contributed by atoms with E-state index in [0.717, 1.165) is 10.0 Å². The molecule has 0 atom stereocenters. The molecule has 0 aliphatic rings. The van der Waals surface area contributed by atoms with Gasteiger partial charge in [0, 0.05) is 23.0 Å². The van der Waals surface area contributed by atoms with Crippen LogP contribution in [0.5, 0.6) is 0 Å². The van der Waals surface area contributed by atoms with Crippen molar-refractivity contribution in [1.29, 1.82) is 0 Å². The fourth-order valence-corrected chi connectivity index (χ4v) is 1.82. The summed E-state index contributed by atoms with van der Waals surface area (Å²) in [6.07, 6.45) is 1.16. The Balaban J connectivity index is 2.33. The van der Waals surface area contributed by atoms with Crippen molar-refractivity contribution in [2.24, 2.45) is 5.73 Å². The lowest BCUT2D eigenvalue weighted by Crippen LogP contribution is -2.34. The predicted molar refractivity (Wildman–Crippen MR) is 73.5 cm³/mol. The Morgan fingerprint density at radius 3 is 2.76 bits per heavy atom. The first-order valence-corrected chi connectivity index (χ1v) is 6.46. The Morgan fingerprint density at radius 2 is 2.18 bits per heavy atom. The fraction of sp³-hybridized carbons (Fsp3) is 0.462. The number of benzene rings is 1. The summed E-state index contributed by atoms with van der Waals surface area (Å²) in [5.41, 5.74) is 6.62. The molecule has 1 aromatic carbocycles. The van der Waals surface area contributed by atoms with Gasteiger partial charge in [0.25, 0.3) is 0 Å². The average molecular weight is 299 g/mol. The SMILES string of the molecule is CC(C)(N)CCC(=O)NCc1cccc(Br)c1. The van der Waals surface area contributed by atoms with Gasteiger partial charge in [0.2, 0.25) is 5.91 Å². The van der Waals surface area contributed by atoms with E-state index in [1.165, 1.54) is 0 Å². The Morgan fingerprint density at radius 1 is 1.47 bits per heavy atom. The molecule has 0 saturated carbocycles. The highest BCUT2D eigenvalue weighted by atomic mass is 79.9. The number of nitrogens with two attached hydrogens (primary N) is 1. The molecule has 0 fully saturated rings. The van der Waals surface area contributed by atoms with Crippen molar-refractivity contribution in [3.05, 3.63) is 34.3 Å². The quantitative estimate of drug-likeness (QED) is 0.878. The summed E-state index contributed by atoms with van der Waals surface area (Å²) < 4.78 is 1.02. The van der Waals surface area contributed by atoms with E-state index in [0.29, 0.717) is 19.4 Å². The van der Waals surface area contributed by atoms with Gasteiger partial charge in [0.05, 0.1) is 0 Å². The number of nitrogens with one attached hydrogen (secondary N) is 1. The van der Waals surface area contributed by atoms with Crippen LogP contribution in [0.25, 0.3) is 0 Å². The van der Waals surface area contributed by atoms with E-state index in [-0.39, 0.29) is 11.4 Å². The van der Waals surface area contributed by atoms with Crippen LogP contribution in [-0.4, -0.2) is 11.4 Å². The van der Waals surface area contributed by atoms with E-state index < -0.39 is 0 Å². The van der Waals surface area contributed by atoms with Gasteiger partial charge in [-0.05, 0) is 38.0 Å². The molecular formula is C13H19BrN2O. The van der Waals surface area contributed by atoms with Gasteiger partial charge in [-0.25, -0.2) is 0 Å². The standard InChI is InChI=1S/C13H19BrN2O/c1-13(2,15)7-6-12(17)16-9-10-4-3-5-11(14)8-10/h3-5,8H,6-7,9,15H2,1-2H3,(H,16,17). The van der Waals surface area contributed by atoms with Crippen LogP contribution < -0.4 is 11.1 Å². The molecule has 0 aliphatic carbocycles. The maximum atomic E-state index is 11.6. The Bertz CT molecular complexity index is 385. The van der Waals surface area contributed by atoms with E-state index in [1.54, 1.807) is 0 Å². The first kappa shape index (κ1) is 14.2. The van der Waals surface area contributed by atoms with E-state index in [4.69, 9.17) is 5.73 Å². The highest BCUT2D eigenvalue weighted by Gasteiger charge is 2.12. The minimum atomic E-state index is -0.285. The van der Waals surface area contributed by atoms with Crippen LogP contribution in [0.1, 0.15) is 32.3 Å². The summed E-state index contributed by atoms with van der Waals surface area (Å²) in [5.74, 6) is 0.0449. The number of carbonyl (C=O) groups excluding carboxylic acids is 1. The molecule has 0 bridgehead atoms. The summed E-state index contributed by atoms with van der Waals surface area (Å²) in [5, 5.41) is 2.88. The molecule has 1 amide bonds. The summed E-state index contributed by atoms with van der Waals surface area (Å²) in [4.78, 5) is 11.6. The highest BCUT2D eigenvalue weighted by Crippen LogP contribution is 2.11. The first-order valence-electron chi connectivity index (χ1n) is 5.67. The zero-order valence-corrected chi connectivity index (χ0v) is 11.9. The Kier molecular flexibility index (Phi) is 5.15.